The third-order valence-electron chi connectivity index (χ3n) is 7.58. The van der Waals surface area contributed by atoms with Gasteiger partial charge in [-0.25, -0.2) is 0 Å². The topological polar surface area (TPSA) is 70.2 Å². The molecule has 190 valence electrons. The number of rotatable bonds is 8. The Labute approximate surface area is 212 Å². The van der Waals surface area contributed by atoms with Crippen molar-refractivity contribution in [2.24, 2.45) is 11.7 Å². The molecule has 1 fully saturated rings. The zero-order chi connectivity index (χ0) is 25.5. The van der Waals surface area contributed by atoms with Gasteiger partial charge in [0.05, 0.1) is 6.54 Å². The van der Waals surface area contributed by atoms with Crippen LogP contribution in [0.25, 0.3) is 5.57 Å². The molecular formula is C31H45N3O. The minimum Gasteiger partial charge on any atom is -0.369 e. The normalized spacial score (nSPS) is 22.1. The van der Waals surface area contributed by atoms with Crippen LogP contribution in [-0.4, -0.2) is 36.2 Å². The first kappa shape index (κ1) is 27.1. The molecule has 4 heteroatoms. The van der Waals surface area contributed by atoms with Crippen LogP contribution in [-0.2, 0) is 4.79 Å². The number of hydrogen-bond donors (Lipinski definition) is 2. The molecule has 3 N–H and O–H groups in total. The van der Waals surface area contributed by atoms with Gasteiger partial charge in [-0.15, -0.1) is 0 Å². The second-order valence-corrected chi connectivity index (χ2v) is 10.7. The third kappa shape index (κ3) is 7.04. The van der Waals surface area contributed by atoms with Crippen molar-refractivity contribution in [2.45, 2.75) is 85.5 Å². The van der Waals surface area contributed by atoms with Crippen molar-refractivity contribution in [2.75, 3.05) is 19.6 Å². The Bertz CT molecular complexity index is 1020. The minimum absolute atomic E-state index is 0.237. The number of carbonyl (C=O) groups is 1. The number of piperidine rings is 1. The van der Waals surface area contributed by atoms with Gasteiger partial charge in [-0.2, -0.15) is 0 Å². The van der Waals surface area contributed by atoms with Crippen LogP contribution in [0, 0.1) is 18.3 Å². The van der Waals surface area contributed by atoms with Crippen LogP contribution in [0.3, 0.4) is 0 Å². The van der Waals surface area contributed by atoms with Crippen molar-refractivity contribution in [1.82, 2.24) is 4.90 Å². The molecule has 0 saturated carbocycles. The summed E-state index contributed by atoms with van der Waals surface area (Å²) in [5, 5.41) is 8.41. The van der Waals surface area contributed by atoms with E-state index in [1.807, 2.05) is 0 Å². The van der Waals surface area contributed by atoms with E-state index in [2.05, 4.69) is 69.9 Å². The lowest BCUT2D eigenvalue weighted by Crippen LogP contribution is -2.39. The molecule has 1 saturated heterocycles. The van der Waals surface area contributed by atoms with Gasteiger partial charge in [-0.3, -0.25) is 9.69 Å². The molecule has 0 spiro atoms. The highest BCUT2D eigenvalue weighted by Gasteiger charge is 2.24. The summed E-state index contributed by atoms with van der Waals surface area (Å²) >= 11 is 0. The van der Waals surface area contributed by atoms with Gasteiger partial charge in [0.1, 0.15) is 0 Å². The molecule has 2 aliphatic rings. The molecule has 4 nitrogen and oxygen atoms in total. The Morgan fingerprint density at radius 2 is 1.91 bits per heavy atom. The Morgan fingerprint density at radius 1 is 1.20 bits per heavy atom. The van der Waals surface area contributed by atoms with Gasteiger partial charge >= 0.3 is 0 Å². The fourth-order valence-corrected chi connectivity index (χ4v) is 5.66. The third-order valence-corrected chi connectivity index (χ3v) is 7.58. The lowest BCUT2D eigenvalue weighted by atomic mass is 9.80. The Morgan fingerprint density at radius 3 is 2.54 bits per heavy atom. The van der Waals surface area contributed by atoms with E-state index < -0.39 is 0 Å². The van der Waals surface area contributed by atoms with Crippen LogP contribution < -0.4 is 5.73 Å². The maximum absolute atomic E-state index is 11.3. The number of carbonyl (C=O) groups excluding carboxylic acids is 1. The van der Waals surface area contributed by atoms with E-state index >= 15 is 0 Å². The van der Waals surface area contributed by atoms with Crippen molar-refractivity contribution >= 4 is 17.2 Å². The lowest BCUT2D eigenvalue weighted by Gasteiger charge is -2.32. The maximum Gasteiger partial charge on any atom is 0.231 e. The maximum atomic E-state index is 11.3. The number of likely N-dealkylation sites (tertiary alicyclic amines) is 1. The fraction of sp³-hybridized carbons (Fsp3) is 0.548. The lowest BCUT2D eigenvalue weighted by molar-refractivity contribution is -0.119. The van der Waals surface area contributed by atoms with Crippen LogP contribution >= 0.6 is 0 Å². The predicted molar refractivity (Wildman–Crippen MR) is 149 cm³/mol. The Hall–Kier alpha value is -2.46. The molecule has 0 aromatic heterocycles. The summed E-state index contributed by atoms with van der Waals surface area (Å²) < 4.78 is 0. The number of nitrogens with zero attached hydrogens (tertiary/aromatic N) is 1. The summed E-state index contributed by atoms with van der Waals surface area (Å²) in [5.41, 5.74) is 15.6. The largest absolute Gasteiger partial charge is 0.369 e. The van der Waals surface area contributed by atoms with Crippen molar-refractivity contribution < 1.29 is 4.79 Å². The molecule has 0 unspecified atom stereocenters. The SMILES string of the molecule is CCCC(/C1=C/CCCC(=N)/C(C)=C\1)=C(\c1cc(C2CCN(CC(N)=O)CC2)ccc1C)C(C)C. The molecule has 1 aromatic rings. The number of aryl methyl sites for hydroxylation is 1. The van der Waals surface area contributed by atoms with Gasteiger partial charge in [0, 0.05) is 5.71 Å². The van der Waals surface area contributed by atoms with Crippen LogP contribution in [0.4, 0.5) is 0 Å². The van der Waals surface area contributed by atoms with Crippen LogP contribution in [0.1, 0.15) is 95.2 Å². The molecule has 1 aliphatic heterocycles. The van der Waals surface area contributed by atoms with E-state index in [4.69, 9.17) is 11.1 Å². The van der Waals surface area contributed by atoms with E-state index in [0.29, 0.717) is 18.4 Å². The van der Waals surface area contributed by atoms with Crippen LogP contribution in [0.5, 0.6) is 0 Å². The van der Waals surface area contributed by atoms with E-state index in [0.717, 1.165) is 69.3 Å². The highest BCUT2D eigenvalue weighted by atomic mass is 16.1. The smallest absolute Gasteiger partial charge is 0.231 e. The average Bonchev–Trinajstić information content (AvgIpc) is 2.80. The quantitative estimate of drug-likeness (QED) is 0.427. The summed E-state index contributed by atoms with van der Waals surface area (Å²) in [4.78, 5) is 13.5. The number of hydrogen-bond acceptors (Lipinski definition) is 3. The van der Waals surface area contributed by atoms with Gasteiger partial charge in [-0.05, 0) is 116 Å². The first-order valence-corrected chi connectivity index (χ1v) is 13.5. The summed E-state index contributed by atoms with van der Waals surface area (Å²) in [5.74, 6) is 0.686. The van der Waals surface area contributed by atoms with Crippen molar-refractivity contribution in [3.05, 3.63) is 63.8 Å². The second kappa shape index (κ2) is 12.5. The monoisotopic (exact) mass is 475 g/mol. The van der Waals surface area contributed by atoms with Gasteiger partial charge in [0.2, 0.25) is 5.91 Å². The zero-order valence-corrected chi connectivity index (χ0v) is 22.5. The molecule has 1 aromatic carbocycles. The predicted octanol–water partition coefficient (Wildman–Crippen LogP) is 6.95. The molecule has 3 rings (SSSR count). The molecule has 0 atom stereocenters. The van der Waals surface area contributed by atoms with Gasteiger partial charge in [0.25, 0.3) is 0 Å². The number of allylic oxidation sites excluding steroid dienone is 6. The van der Waals surface area contributed by atoms with Crippen LogP contribution in [0.15, 0.2) is 47.1 Å². The standard InChI is InChI=1S/C31H45N3O/c1-6-9-27(26-10-7-8-11-29(32)23(5)18-26)31(21(2)3)28-19-25(13-12-22(28)4)24-14-16-34(17-15-24)20-30(33)35/h10,12-13,18-19,21,24,32H,6-9,11,14-17,20H2,1-5H3,(H2,33,35)/b23-18-,26-10+,31-27+,32-29?. The number of nitrogens with one attached hydrogen (secondary N) is 1. The van der Waals surface area contributed by atoms with E-state index in [-0.39, 0.29) is 5.91 Å². The molecule has 1 aliphatic carbocycles. The number of amides is 1. The second-order valence-electron chi connectivity index (χ2n) is 10.7. The highest BCUT2D eigenvalue weighted by Crippen LogP contribution is 2.38. The van der Waals surface area contributed by atoms with Crippen molar-refractivity contribution in [3.8, 4) is 0 Å². The van der Waals surface area contributed by atoms with Gasteiger partial charge in [0.15, 0.2) is 0 Å². The molecule has 1 amide bonds. The Balaban J connectivity index is 2.03. The highest BCUT2D eigenvalue weighted by molar-refractivity contribution is 5.98. The molecular weight excluding hydrogens is 430 g/mol. The first-order valence-electron chi connectivity index (χ1n) is 13.5. The number of benzene rings is 1. The van der Waals surface area contributed by atoms with Gasteiger partial charge < -0.3 is 11.1 Å². The zero-order valence-electron chi connectivity index (χ0n) is 22.5. The van der Waals surface area contributed by atoms with Crippen LogP contribution in [0.2, 0.25) is 0 Å². The summed E-state index contributed by atoms with van der Waals surface area (Å²) in [6.45, 7) is 13.5. The fourth-order valence-electron chi connectivity index (χ4n) is 5.66. The number of nitrogens with two attached hydrogens (primary N) is 1. The van der Waals surface area contributed by atoms with E-state index in [1.54, 1.807) is 0 Å². The average molecular weight is 476 g/mol. The molecule has 35 heavy (non-hydrogen) atoms. The van der Waals surface area contributed by atoms with E-state index in [1.165, 1.54) is 33.4 Å². The molecule has 0 radical (unpaired) electrons. The van der Waals surface area contributed by atoms with Gasteiger partial charge in [-0.1, -0.05) is 57.5 Å². The minimum atomic E-state index is -0.237. The number of primary amides is 1. The molecule has 1 heterocycles. The first-order chi connectivity index (χ1) is 16.7. The van der Waals surface area contributed by atoms with Crippen molar-refractivity contribution in [1.29, 1.82) is 5.41 Å². The van der Waals surface area contributed by atoms with Crippen molar-refractivity contribution in [3.63, 3.8) is 0 Å². The summed E-state index contributed by atoms with van der Waals surface area (Å²) in [6, 6.07) is 7.07. The van der Waals surface area contributed by atoms with E-state index in [9.17, 15) is 4.79 Å². The summed E-state index contributed by atoms with van der Waals surface area (Å²) in [7, 11) is 0. The Kier molecular flexibility index (Phi) is 9.68. The summed E-state index contributed by atoms with van der Waals surface area (Å²) in [6.07, 6.45) is 11.9. The molecule has 0 bridgehead atoms.